The van der Waals surface area contributed by atoms with Gasteiger partial charge in [-0.3, -0.25) is 0 Å². The maximum atomic E-state index is 4.57. The Kier molecular flexibility index (Phi) is 4.08. The molecule has 2 fully saturated rings. The molecule has 104 valence electrons. The lowest BCUT2D eigenvalue weighted by atomic mass is 10.0. The highest BCUT2D eigenvalue weighted by Crippen LogP contribution is 2.29. The molecular weight excluding hydrogens is 302 g/mol. The Bertz CT molecular complexity index is 437. The number of piperidine rings is 1. The van der Waals surface area contributed by atoms with E-state index in [1.165, 1.54) is 37.8 Å². The standard InChI is InChI=1S/C15H22BrN3/c1-11-8-14(16)15(18-9-11)19-6-4-13(5-7-19)17-10-12-2-3-12/h8-9,12-13,17H,2-7,10H2,1H3. The first-order valence-electron chi connectivity index (χ1n) is 7.33. The summed E-state index contributed by atoms with van der Waals surface area (Å²) >= 11 is 3.64. The van der Waals surface area contributed by atoms with Gasteiger partial charge in [0, 0.05) is 25.3 Å². The van der Waals surface area contributed by atoms with Crippen LogP contribution in [0.2, 0.25) is 0 Å². The Morgan fingerprint density at radius 1 is 1.32 bits per heavy atom. The summed E-state index contributed by atoms with van der Waals surface area (Å²) in [6.07, 6.45) is 7.29. The molecule has 1 aromatic rings. The normalized spacial score (nSPS) is 20.8. The fourth-order valence-corrected chi connectivity index (χ4v) is 3.42. The van der Waals surface area contributed by atoms with Crippen LogP contribution in [0.15, 0.2) is 16.7 Å². The van der Waals surface area contributed by atoms with Crippen LogP contribution in [0.1, 0.15) is 31.2 Å². The fourth-order valence-electron chi connectivity index (χ4n) is 2.71. The van der Waals surface area contributed by atoms with Gasteiger partial charge >= 0.3 is 0 Å². The van der Waals surface area contributed by atoms with E-state index in [0.29, 0.717) is 6.04 Å². The largest absolute Gasteiger partial charge is 0.356 e. The SMILES string of the molecule is Cc1cnc(N2CCC(NCC3CC3)CC2)c(Br)c1. The number of hydrogen-bond acceptors (Lipinski definition) is 3. The third-order valence-electron chi connectivity index (χ3n) is 4.15. The van der Waals surface area contributed by atoms with E-state index in [1.807, 2.05) is 6.20 Å². The van der Waals surface area contributed by atoms with Crippen LogP contribution in [0.25, 0.3) is 0 Å². The molecule has 1 saturated carbocycles. The molecule has 3 nitrogen and oxygen atoms in total. The molecule has 0 spiro atoms. The van der Waals surface area contributed by atoms with Crippen molar-refractivity contribution >= 4 is 21.7 Å². The van der Waals surface area contributed by atoms with Crippen LogP contribution < -0.4 is 10.2 Å². The lowest BCUT2D eigenvalue weighted by molar-refractivity contribution is 0.407. The lowest BCUT2D eigenvalue weighted by Crippen LogP contribution is -2.43. The summed E-state index contributed by atoms with van der Waals surface area (Å²) in [4.78, 5) is 6.97. The Labute approximate surface area is 123 Å². The highest BCUT2D eigenvalue weighted by atomic mass is 79.9. The van der Waals surface area contributed by atoms with Gasteiger partial charge < -0.3 is 10.2 Å². The van der Waals surface area contributed by atoms with Crippen molar-refractivity contribution in [1.29, 1.82) is 0 Å². The maximum absolute atomic E-state index is 4.57. The topological polar surface area (TPSA) is 28.2 Å². The summed E-state index contributed by atoms with van der Waals surface area (Å²) in [5.41, 5.74) is 1.21. The number of pyridine rings is 1. The first kappa shape index (κ1) is 13.4. The molecule has 0 radical (unpaired) electrons. The average Bonchev–Trinajstić information content (AvgIpc) is 3.21. The van der Waals surface area contributed by atoms with Gasteiger partial charge in [-0.05, 0) is 72.6 Å². The highest BCUT2D eigenvalue weighted by Gasteiger charge is 2.25. The van der Waals surface area contributed by atoms with Crippen molar-refractivity contribution in [1.82, 2.24) is 10.3 Å². The zero-order valence-electron chi connectivity index (χ0n) is 11.5. The lowest BCUT2D eigenvalue weighted by Gasteiger charge is -2.33. The number of hydrogen-bond donors (Lipinski definition) is 1. The molecule has 1 saturated heterocycles. The minimum absolute atomic E-state index is 0.709. The van der Waals surface area contributed by atoms with Gasteiger partial charge in [-0.15, -0.1) is 0 Å². The predicted octanol–water partition coefficient (Wildman–Crippen LogP) is 3.12. The first-order chi connectivity index (χ1) is 9.22. The summed E-state index contributed by atoms with van der Waals surface area (Å²) in [5.74, 6) is 2.08. The van der Waals surface area contributed by atoms with Gasteiger partial charge in [0.05, 0.1) is 4.47 Å². The molecule has 0 atom stereocenters. The Balaban J connectivity index is 1.53. The summed E-state index contributed by atoms with van der Waals surface area (Å²) in [7, 11) is 0. The Morgan fingerprint density at radius 2 is 2.05 bits per heavy atom. The van der Waals surface area contributed by atoms with E-state index in [9.17, 15) is 0 Å². The molecule has 1 aliphatic carbocycles. The maximum Gasteiger partial charge on any atom is 0.142 e. The molecule has 0 amide bonds. The molecule has 1 aliphatic heterocycles. The fraction of sp³-hybridized carbons (Fsp3) is 0.667. The van der Waals surface area contributed by atoms with Crippen LogP contribution in [0, 0.1) is 12.8 Å². The van der Waals surface area contributed by atoms with E-state index in [2.05, 4.69) is 44.1 Å². The molecule has 3 rings (SSSR count). The van der Waals surface area contributed by atoms with E-state index in [4.69, 9.17) is 0 Å². The van der Waals surface area contributed by atoms with Crippen molar-refractivity contribution in [3.63, 3.8) is 0 Å². The van der Waals surface area contributed by atoms with Crippen molar-refractivity contribution in [3.05, 3.63) is 22.3 Å². The summed E-state index contributed by atoms with van der Waals surface area (Å²) < 4.78 is 1.12. The average molecular weight is 324 g/mol. The van der Waals surface area contributed by atoms with E-state index in [-0.39, 0.29) is 0 Å². The molecule has 0 unspecified atom stereocenters. The van der Waals surface area contributed by atoms with Gasteiger partial charge in [-0.2, -0.15) is 0 Å². The van der Waals surface area contributed by atoms with E-state index in [0.717, 1.165) is 29.3 Å². The molecule has 0 aromatic carbocycles. The first-order valence-corrected chi connectivity index (χ1v) is 8.12. The molecule has 1 aromatic heterocycles. The zero-order chi connectivity index (χ0) is 13.2. The van der Waals surface area contributed by atoms with Crippen LogP contribution in [0.5, 0.6) is 0 Å². The second-order valence-electron chi connectivity index (χ2n) is 5.93. The zero-order valence-corrected chi connectivity index (χ0v) is 13.1. The molecule has 2 aliphatic rings. The Morgan fingerprint density at radius 3 is 2.68 bits per heavy atom. The van der Waals surface area contributed by atoms with Crippen molar-refractivity contribution in [2.45, 2.75) is 38.6 Å². The third-order valence-corrected chi connectivity index (χ3v) is 4.73. The van der Waals surface area contributed by atoms with Crippen molar-refractivity contribution in [2.75, 3.05) is 24.5 Å². The van der Waals surface area contributed by atoms with E-state index in [1.54, 1.807) is 0 Å². The van der Waals surface area contributed by atoms with Crippen molar-refractivity contribution < 1.29 is 0 Å². The van der Waals surface area contributed by atoms with E-state index < -0.39 is 0 Å². The van der Waals surface area contributed by atoms with Crippen molar-refractivity contribution in [2.24, 2.45) is 5.92 Å². The van der Waals surface area contributed by atoms with Crippen LogP contribution in [0.3, 0.4) is 0 Å². The summed E-state index contributed by atoms with van der Waals surface area (Å²) in [5, 5.41) is 3.72. The van der Waals surface area contributed by atoms with Gasteiger partial charge in [-0.25, -0.2) is 4.98 Å². The number of rotatable bonds is 4. The van der Waals surface area contributed by atoms with Crippen LogP contribution >= 0.6 is 15.9 Å². The third kappa shape index (κ3) is 3.48. The molecule has 1 N–H and O–H groups in total. The van der Waals surface area contributed by atoms with E-state index >= 15 is 0 Å². The highest BCUT2D eigenvalue weighted by molar-refractivity contribution is 9.10. The second-order valence-corrected chi connectivity index (χ2v) is 6.79. The molecule has 19 heavy (non-hydrogen) atoms. The monoisotopic (exact) mass is 323 g/mol. The smallest absolute Gasteiger partial charge is 0.142 e. The van der Waals surface area contributed by atoms with Gasteiger partial charge in [0.2, 0.25) is 0 Å². The number of anilines is 1. The van der Waals surface area contributed by atoms with Crippen LogP contribution in [-0.2, 0) is 0 Å². The second kappa shape index (κ2) is 5.80. The van der Waals surface area contributed by atoms with Crippen LogP contribution in [-0.4, -0.2) is 30.7 Å². The van der Waals surface area contributed by atoms with Crippen molar-refractivity contribution in [3.8, 4) is 0 Å². The number of aromatic nitrogens is 1. The molecule has 4 heteroatoms. The summed E-state index contributed by atoms with van der Waals surface area (Å²) in [6, 6.07) is 2.86. The molecule has 2 heterocycles. The van der Waals surface area contributed by atoms with Crippen LogP contribution in [0.4, 0.5) is 5.82 Å². The van der Waals surface area contributed by atoms with Gasteiger partial charge in [0.1, 0.15) is 5.82 Å². The number of aryl methyl sites for hydroxylation is 1. The Hall–Kier alpha value is -0.610. The molecular formula is C15H22BrN3. The van der Waals surface area contributed by atoms with Gasteiger partial charge in [-0.1, -0.05) is 0 Å². The minimum atomic E-state index is 0.709. The predicted molar refractivity (Wildman–Crippen MR) is 82.6 cm³/mol. The molecule has 0 bridgehead atoms. The summed E-state index contributed by atoms with van der Waals surface area (Å²) in [6.45, 7) is 5.53. The number of nitrogens with zero attached hydrogens (tertiary/aromatic N) is 2. The van der Waals surface area contributed by atoms with Gasteiger partial charge in [0.15, 0.2) is 0 Å². The minimum Gasteiger partial charge on any atom is -0.356 e. The number of nitrogens with one attached hydrogen (secondary N) is 1. The van der Waals surface area contributed by atoms with Gasteiger partial charge in [0.25, 0.3) is 0 Å². The number of halogens is 1. The quantitative estimate of drug-likeness (QED) is 0.922.